The van der Waals surface area contributed by atoms with Crippen LogP contribution in [0.3, 0.4) is 0 Å². The predicted octanol–water partition coefficient (Wildman–Crippen LogP) is 5.32. The summed E-state index contributed by atoms with van der Waals surface area (Å²) in [6.45, 7) is 0. The number of rotatable bonds is 3. The Morgan fingerprint density at radius 2 is 1.86 bits per heavy atom. The van der Waals surface area contributed by atoms with Gasteiger partial charge in [0.25, 0.3) is 0 Å². The summed E-state index contributed by atoms with van der Waals surface area (Å²) in [5, 5.41) is 8.76. The van der Waals surface area contributed by atoms with Gasteiger partial charge in [0.2, 0.25) is 11.8 Å². The second-order valence-electron chi connectivity index (χ2n) is 4.31. The molecule has 0 N–H and O–H groups in total. The van der Waals surface area contributed by atoms with E-state index < -0.39 is 0 Å². The van der Waals surface area contributed by atoms with Crippen LogP contribution < -0.4 is 0 Å². The molecule has 0 saturated heterocycles. The molecule has 0 aliphatic carbocycles. The molecule has 0 aliphatic rings. The molecular weight excluding hydrogens is 352 g/mol. The van der Waals surface area contributed by atoms with Gasteiger partial charge in [-0.3, -0.25) is 0 Å². The molecule has 3 nitrogen and oxygen atoms in total. The quantitative estimate of drug-likeness (QED) is 0.633. The fraction of sp³-hybridized carbons (Fsp3) is 0. The molecular formula is C16H10BrClN2O. The molecule has 0 unspecified atom stereocenters. The van der Waals surface area contributed by atoms with E-state index in [0.29, 0.717) is 16.8 Å². The smallest absolute Gasteiger partial charge is 0.249 e. The maximum Gasteiger partial charge on any atom is 0.249 e. The van der Waals surface area contributed by atoms with Crippen LogP contribution in [0, 0.1) is 0 Å². The van der Waals surface area contributed by atoms with Crippen molar-refractivity contribution in [3.63, 3.8) is 0 Å². The zero-order valence-electron chi connectivity index (χ0n) is 10.8. The average molecular weight is 362 g/mol. The minimum absolute atomic E-state index is 0.445. The Morgan fingerprint density at radius 1 is 1.00 bits per heavy atom. The van der Waals surface area contributed by atoms with Gasteiger partial charge in [-0.15, -0.1) is 10.2 Å². The van der Waals surface area contributed by atoms with Gasteiger partial charge in [0, 0.05) is 15.6 Å². The van der Waals surface area contributed by atoms with Crippen molar-refractivity contribution in [2.75, 3.05) is 0 Å². The van der Waals surface area contributed by atoms with E-state index in [4.69, 9.17) is 16.0 Å². The van der Waals surface area contributed by atoms with Crippen molar-refractivity contribution in [1.29, 1.82) is 0 Å². The third-order valence-electron chi connectivity index (χ3n) is 2.81. The molecule has 0 spiro atoms. The summed E-state index contributed by atoms with van der Waals surface area (Å²) in [5.41, 5.74) is 1.84. The fourth-order valence-electron chi connectivity index (χ4n) is 1.82. The molecule has 3 rings (SSSR count). The first-order valence-electron chi connectivity index (χ1n) is 6.24. The first kappa shape index (κ1) is 14.0. The highest BCUT2D eigenvalue weighted by molar-refractivity contribution is 9.10. The van der Waals surface area contributed by atoms with E-state index in [-0.39, 0.29) is 0 Å². The lowest BCUT2D eigenvalue weighted by Crippen LogP contribution is -1.78. The van der Waals surface area contributed by atoms with Gasteiger partial charge in [0.15, 0.2) is 0 Å². The van der Waals surface area contributed by atoms with Gasteiger partial charge in [0.05, 0.1) is 5.56 Å². The number of benzene rings is 2. The van der Waals surface area contributed by atoms with E-state index in [1.165, 1.54) is 0 Å². The van der Waals surface area contributed by atoms with Crippen molar-refractivity contribution >= 4 is 39.7 Å². The van der Waals surface area contributed by atoms with Crippen molar-refractivity contribution in [3.8, 4) is 11.5 Å². The van der Waals surface area contributed by atoms with Crippen molar-refractivity contribution in [2.45, 2.75) is 0 Å². The first-order valence-corrected chi connectivity index (χ1v) is 7.41. The fourth-order valence-corrected chi connectivity index (χ4v) is 2.48. The molecule has 0 radical (unpaired) electrons. The van der Waals surface area contributed by atoms with E-state index in [2.05, 4.69) is 26.1 Å². The van der Waals surface area contributed by atoms with Gasteiger partial charge in [-0.1, -0.05) is 35.9 Å². The lowest BCUT2D eigenvalue weighted by molar-refractivity contribution is 0.557. The molecule has 0 fully saturated rings. The van der Waals surface area contributed by atoms with E-state index >= 15 is 0 Å². The number of aromatic nitrogens is 2. The SMILES string of the molecule is Clc1cccc(/C=C/c2nnc(-c3ccccc3Br)o2)c1. The summed E-state index contributed by atoms with van der Waals surface area (Å²) in [6.07, 6.45) is 3.64. The van der Waals surface area contributed by atoms with Crippen molar-refractivity contribution < 1.29 is 4.42 Å². The molecule has 0 amide bonds. The zero-order valence-corrected chi connectivity index (χ0v) is 13.2. The second-order valence-corrected chi connectivity index (χ2v) is 5.60. The number of halogens is 2. The molecule has 0 saturated carbocycles. The lowest BCUT2D eigenvalue weighted by atomic mass is 10.2. The largest absolute Gasteiger partial charge is 0.417 e. The zero-order chi connectivity index (χ0) is 14.7. The van der Waals surface area contributed by atoms with Crippen LogP contribution in [0.25, 0.3) is 23.6 Å². The average Bonchev–Trinajstić information content (AvgIpc) is 2.94. The number of nitrogens with zero attached hydrogens (tertiary/aromatic N) is 2. The molecule has 21 heavy (non-hydrogen) atoms. The van der Waals surface area contributed by atoms with Crippen LogP contribution >= 0.6 is 27.5 Å². The Hall–Kier alpha value is -1.91. The molecule has 1 heterocycles. The third-order valence-corrected chi connectivity index (χ3v) is 3.74. The van der Waals surface area contributed by atoms with Crippen LogP contribution in [0.4, 0.5) is 0 Å². The number of hydrogen-bond donors (Lipinski definition) is 0. The maximum atomic E-state index is 5.94. The van der Waals surface area contributed by atoms with Crippen LogP contribution in [-0.4, -0.2) is 10.2 Å². The molecule has 5 heteroatoms. The predicted molar refractivity (Wildman–Crippen MR) is 87.8 cm³/mol. The molecule has 0 bridgehead atoms. The monoisotopic (exact) mass is 360 g/mol. The Bertz CT molecular complexity index is 798. The van der Waals surface area contributed by atoms with E-state index in [0.717, 1.165) is 15.6 Å². The highest BCUT2D eigenvalue weighted by Gasteiger charge is 2.09. The lowest BCUT2D eigenvalue weighted by Gasteiger charge is -1.96. The van der Waals surface area contributed by atoms with Gasteiger partial charge < -0.3 is 4.42 Å². The third kappa shape index (κ3) is 3.40. The second kappa shape index (κ2) is 6.24. The van der Waals surface area contributed by atoms with Crippen LogP contribution in [0.5, 0.6) is 0 Å². The van der Waals surface area contributed by atoms with Crippen LogP contribution in [0.1, 0.15) is 11.5 Å². The van der Waals surface area contributed by atoms with Crippen LogP contribution in [0.15, 0.2) is 57.4 Å². The van der Waals surface area contributed by atoms with Gasteiger partial charge in [-0.05, 0) is 51.8 Å². The standard InChI is InChI=1S/C16H10BrClN2O/c17-14-7-2-1-6-13(14)16-20-19-15(21-16)9-8-11-4-3-5-12(18)10-11/h1-10H/b9-8+. The van der Waals surface area contributed by atoms with Gasteiger partial charge in [0.1, 0.15) is 0 Å². The van der Waals surface area contributed by atoms with Crippen LogP contribution in [-0.2, 0) is 0 Å². The van der Waals surface area contributed by atoms with E-state index in [1.54, 1.807) is 6.08 Å². The molecule has 104 valence electrons. The Morgan fingerprint density at radius 3 is 2.67 bits per heavy atom. The summed E-state index contributed by atoms with van der Waals surface area (Å²) in [5.74, 6) is 0.925. The summed E-state index contributed by atoms with van der Waals surface area (Å²) >= 11 is 9.40. The summed E-state index contributed by atoms with van der Waals surface area (Å²) in [7, 11) is 0. The minimum atomic E-state index is 0.445. The minimum Gasteiger partial charge on any atom is -0.417 e. The van der Waals surface area contributed by atoms with Crippen molar-refractivity contribution in [1.82, 2.24) is 10.2 Å². The molecule has 1 aromatic heterocycles. The Labute approximate surface area is 135 Å². The van der Waals surface area contributed by atoms with Gasteiger partial charge in [-0.25, -0.2) is 0 Å². The normalized spacial score (nSPS) is 11.1. The summed E-state index contributed by atoms with van der Waals surface area (Å²) in [4.78, 5) is 0. The number of hydrogen-bond acceptors (Lipinski definition) is 3. The molecule has 2 aromatic carbocycles. The summed E-state index contributed by atoms with van der Waals surface area (Å²) in [6, 6.07) is 15.2. The Kier molecular flexibility index (Phi) is 4.18. The topological polar surface area (TPSA) is 38.9 Å². The van der Waals surface area contributed by atoms with Gasteiger partial charge in [-0.2, -0.15) is 0 Å². The van der Waals surface area contributed by atoms with Crippen molar-refractivity contribution in [3.05, 3.63) is 69.5 Å². The van der Waals surface area contributed by atoms with Gasteiger partial charge >= 0.3 is 0 Å². The van der Waals surface area contributed by atoms with E-state index in [1.807, 2.05) is 54.6 Å². The van der Waals surface area contributed by atoms with Crippen molar-refractivity contribution in [2.24, 2.45) is 0 Å². The maximum absolute atomic E-state index is 5.94. The van der Waals surface area contributed by atoms with Crippen LogP contribution in [0.2, 0.25) is 5.02 Å². The highest BCUT2D eigenvalue weighted by Crippen LogP contribution is 2.27. The highest BCUT2D eigenvalue weighted by atomic mass is 79.9. The molecule has 3 aromatic rings. The summed E-state index contributed by atoms with van der Waals surface area (Å²) < 4.78 is 6.55. The Balaban J connectivity index is 1.84. The first-order chi connectivity index (χ1) is 10.2. The molecule has 0 aliphatic heterocycles. The van der Waals surface area contributed by atoms with E-state index in [9.17, 15) is 0 Å². The molecule has 0 atom stereocenters.